The maximum absolute atomic E-state index is 6.07. The van der Waals surface area contributed by atoms with Crippen molar-refractivity contribution in [2.75, 3.05) is 24.6 Å². The zero-order valence-corrected chi connectivity index (χ0v) is 14.8. The standard InChI is InChI=1S/C12H28P2S2/c1-5-9-11-13(15,7-3)14(16,8-4)12-10-6-2/h5-12H2,1-4H3. The van der Waals surface area contributed by atoms with Crippen LogP contribution in [0.4, 0.5) is 0 Å². The highest BCUT2D eigenvalue weighted by Crippen LogP contribution is 2.81. The highest BCUT2D eigenvalue weighted by molar-refractivity contribution is 8.66. The van der Waals surface area contributed by atoms with Crippen LogP contribution in [0, 0.1) is 0 Å². The van der Waals surface area contributed by atoms with E-state index in [-0.39, 0.29) is 0 Å². The largest absolute Gasteiger partial charge is 0.0919 e. The first-order valence-electron chi connectivity index (χ1n) is 6.66. The monoisotopic (exact) mass is 298 g/mol. The predicted molar refractivity (Wildman–Crippen MR) is 89.2 cm³/mol. The minimum atomic E-state index is -1.21. The summed E-state index contributed by atoms with van der Waals surface area (Å²) in [5, 5.41) is 0. The third-order valence-corrected chi connectivity index (χ3v) is 24.8. The van der Waals surface area contributed by atoms with Crippen molar-refractivity contribution in [2.24, 2.45) is 0 Å². The van der Waals surface area contributed by atoms with Gasteiger partial charge in [-0.15, -0.1) is 0 Å². The van der Waals surface area contributed by atoms with E-state index < -0.39 is 11.5 Å². The molecule has 98 valence electrons. The number of unbranched alkanes of at least 4 members (excludes halogenated alkanes) is 2. The molecule has 4 heteroatoms. The summed E-state index contributed by atoms with van der Waals surface area (Å²) in [6.07, 6.45) is 10.1. The highest BCUT2D eigenvalue weighted by atomic mass is 32.8. The predicted octanol–water partition coefficient (Wildman–Crippen LogP) is 5.50. The van der Waals surface area contributed by atoms with Gasteiger partial charge < -0.3 is 0 Å². The molecule has 0 aromatic carbocycles. The van der Waals surface area contributed by atoms with Gasteiger partial charge in [-0.1, -0.05) is 64.2 Å². The molecule has 2 unspecified atom stereocenters. The second kappa shape index (κ2) is 8.41. The second-order valence-electron chi connectivity index (χ2n) is 4.48. The van der Waals surface area contributed by atoms with E-state index in [1.54, 1.807) is 0 Å². The first-order valence-corrected chi connectivity index (χ1v) is 13.7. The Labute approximate surface area is 113 Å². The van der Waals surface area contributed by atoms with Crippen LogP contribution in [0.2, 0.25) is 0 Å². The van der Waals surface area contributed by atoms with Crippen LogP contribution < -0.4 is 0 Å². The maximum atomic E-state index is 6.07. The average molecular weight is 298 g/mol. The molecule has 0 saturated heterocycles. The van der Waals surface area contributed by atoms with Crippen molar-refractivity contribution in [3.63, 3.8) is 0 Å². The summed E-state index contributed by atoms with van der Waals surface area (Å²) in [5.74, 6) is 0. The molecule has 0 radical (unpaired) electrons. The molecule has 0 aromatic rings. The molecule has 0 heterocycles. The van der Waals surface area contributed by atoms with Crippen molar-refractivity contribution in [3.05, 3.63) is 0 Å². The summed E-state index contributed by atoms with van der Waals surface area (Å²) >= 11 is 12.1. The normalized spacial score (nSPS) is 19.0. The molecule has 0 saturated carbocycles. The van der Waals surface area contributed by atoms with Gasteiger partial charge in [-0.3, -0.25) is 0 Å². The Morgan fingerprint density at radius 2 is 1.00 bits per heavy atom. The number of hydrogen-bond acceptors (Lipinski definition) is 2. The van der Waals surface area contributed by atoms with E-state index in [9.17, 15) is 0 Å². The van der Waals surface area contributed by atoms with Crippen LogP contribution in [0.15, 0.2) is 0 Å². The molecular formula is C12H28P2S2. The molecule has 0 fully saturated rings. The molecule has 0 bridgehead atoms. The molecule has 0 amide bonds. The van der Waals surface area contributed by atoms with Crippen LogP contribution in [0.25, 0.3) is 0 Å². The molecular weight excluding hydrogens is 270 g/mol. The van der Waals surface area contributed by atoms with Gasteiger partial charge in [0.15, 0.2) is 0 Å². The van der Waals surface area contributed by atoms with Crippen LogP contribution in [0.1, 0.15) is 53.4 Å². The van der Waals surface area contributed by atoms with Crippen LogP contribution in [0.3, 0.4) is 0 Å². The van der Waals surface area contributed by atoms with E-state index in [1.165, 1.54) is 50.3 Å². The lowest BCUT2D eigenvalue weighted by molar-refractivity contribution is 0.887. The van der Waals surface area contributed by atoms with Crippen molar-refractivity contribution in [2.45, 2.75) is 53.4 Å². The zero-order chi connectivity index (χ0) is 12.7. The van der Waals surface area contributed by atoms with Gasteiger partial charge in [-0.2, -0.15) is 0 Å². The second-order valence-corrected chi connectivity index (χ2v) is 20.4. The molecule has 0 aliphatic carbocycles. The van der Waals surface area contributed by atoms with Gasteiger partial charge in [0.05, 0.1) is 0 Å². The smallest absolute Gasteiger partial charge is 0.0132 e. The first kappa shape index (κ1) is 17.3. The van der Waals surface area contributed by atoms with E-state index in [4.69, 9.17) is 23.6 Å². The fourth-order valence-corrected chi connectivity index (χ4v) is 16.5. The molecule has 0 aromatic heterocycles. The van der Waals surface area contributed by atoms with E-state index in [0.29, 0.717) is 0 Å². The highest BCUT2D eigenvalue weighted by Gasteiger charge is 2.30. The summed E-state index contributed by atoms with van der Waals surface area (Å²) < 4.78 is 0. The summed E-state index contributed by atoms with van der Waals surface area (Å²) in [6.45, 7) is 9.10. The molecule has 2 atom stereocenters. The van der Waals surface area contributed by atoms with Crippen molar-refractivity contribution in [3.8, 4) is 0 Å². The molecule has 0 spiro atoms. The van der Waals surface area contributed by atoms with Crippen LogP contribution in [-0.4, -0.2) is 24.6 Å². The van der Waals surface area contributed by atoms with Gasteiger partial charge in [-0.05, 0) is 48.9 Å². The Morgan fingerprint density at radius 1 is 0.688 bits per heavy atom. The third-order valence-electron chi connectivity index (χ3n) is 3.37. The fraction of sp³-hybridized carbons (Fsp3) is 1.00. The molecule has 0 aliphatic rings. The summed E-state index contributed by atoms with van der Waals surface area (Å²) in [4.78, 5) is 0. The quantitative estimate of drug-likeness (QED) is 0.515. The van der Waals surface area contributed by atoms with Gasteiger partial charge in [-0.25, -0.2) is 0 Å². The SMILES string of the molecule is CCCCP(=S)(CC)P(=S)(CC)CCCC. The van der Waals surface area contributed by atoms with Crippen molar-refractivity contribution < 1.29 is 0 Å². The van der Waals surface area contributed by atoms with Gasteiger partial charge in [0.1, 0.15) is 0 Å². The number of hydrogen-bond donors (Lipinski definition) is 0. The molecule has 0 rings (SSSR count). The van der Waals surface area contributed by atoms with Crippen LogP contribution in [0.5, 0.6) is 0 Å². The lowest BCUT2D eigenvalue weighted by atomic mass is 10.4. The summed E-state index contributed by atoms with van der Waals surface area (Å²) in [7, 11) is 0. The average Bonchev–Trinajstić information content (AvgIpc) is 2.32. The Morgan fingerprint density at radius 3 is 1.19 bits per heavy atom. The van der Waals surface area contributed by atoms with E-state index >= 15 is 0 Å². The minimum absolute atomic E-state index is 1.21. The molecule has 0 nitrogen and oxygen atoms in total. The molecule has 0 N–H and O–H groups in total. The Hall–Kier alpha value is 1.30. The van der Waals surface area contributed by atoms with E-state index in [1.807, 2.05) is 0 Å². The fourth-order valence-electron chi connectivity index (χ4n) is 2.01. The Bertz CT molecular complexity index is 246. The third kappa shape index (κ3) is 4.52. The van der Waals surface area contributed by atoms with Crippen LogP contribution >= 0.6 is 11.5 Å². The minimum Gasteiger partial charge on any atom is -0.0919 e. The van der Waals surface area contributed by atoms with Gasteiger partial charge in [0.25, 0.3) is 0 Å². The Balaban J connectivity index is 4.84. The van der Waals surface area contributed by atoms with Gasteiger partial charge >= 0.3 is 0 Å². The first-order chi connectivity index (χ1) is 7.49. The van der Waals surface area contributed by atoms with Crippen molar-refractivity contribution in [1.82, 2.24) is 0 Å². The van der Waals surface area contributed by atoms with Crippen molar-refractivity contribution >= 4 is 35.1 Å². The zero-order valence-electron chi connectivity index (χ0n) is 11.4. The van der Waals surface area contributed by atoms with Crippen LogP contribution in [-0.2, 0) is 23.6 Å². The van der Waals surface area contributed by atoms with Crippen molar-refractivity contribution in [1.29, 1.82) is 0 Å². The summed E-state index contributed by atoms with van der Waals surface area (Å²) in [6, 6.07) is 0. The lowest BCUT2D eigenvalue weighted by Gasteiger charge is -2.34. The lowest BCUT2D eigenvalue weighted by Crippen LogP contribution is -2.00. The molecule has 16 heavy (non-hydrogen) atoms. The maximum Gasteiger partial charge on any atom is -0.0132 e. The van der Waals surface area contributed by atoms with Gasteiger partial charge in [0, 0.05) is 0 Å². The summed E-state index contributed by atoms with van der Waals surface area (Å²) in [5.41, 5.74) is -2.42. The number of rotatable bonds is 9. The Kier molecular flexibility index (Phi) is 9.09. The molecule has 0 aliphatic heterocycles. The van der Waals surface area contributed by atoms with Gasteiger partial charge in [0.2, 0.25) is 0 Å². The van der Waals surface area contributed by atoms with E-state index in [0.717, 1.165) is 0 Å². The van der Waals surface area contributed by atoms with E-state index in [2.05, 4.69) is 27.7 Å². The topological polar surface area (TPSA) is 0 Å².